The Morgan fingerprint density at radius 2 is 1.85 bits per heavy atom. The quantitative estimate of drug-likeness (QED) is 0.404. The molecule has 0 radical (unpaired) electrons. The molecule has 2 aromatic heterocycles. The van der Waals surface area contributed by atoms with Crippen molar-refractivity contribution >= 4 is 21.7 Å². The Balaban J connectivity index is 1.64. The monoisotopic (exact) mass is 356 g/mol. The molecular formula is C25H26NO+. The molecule has 2 heteroatoms. The highest BCUT2D eigenvalue weighted by Crippen LogP contribution is 2.33. The summed E-state index contributed by atoms with van der Waals surface area (Å²) >= 11 is 0. The second-order valence-corrected chi connectivity index (χ2v) is 8.18. The maximum absolute atomic E-state index is 5.67. The van der Waals surface area contributed by atoms with Crippen molar-refractivity contribution in [1.82, 2.24) is 0 Å². The zero-order chi connectivity index (χ0) is 18.4. The first-order chi connectivity index (χ1) is 13.2. The predicted octanol–water partition coefficient (Wildman–Crippen LogP) is 6.12. The second kappa shape index (κ2) is 6.53. The van der Waals surface area contributed by atoms with Crippen molar-refractivity contribution in [2.45, 2.75) is 39.0 Å². The molecule has 0 saturated heterocycles. The summed E-state index contributed by atoms with van der Waals surface area (Å²) < 4.78 is 7.90. The molecule has 0 aliphatic heterocycles. The fourth-order valence-electron chi connectivity index (χ4n) is 4.81. The van der Waals surface area contributed by atoms with Crippen molar-refractivity contribution in [2.24, 2.45) is 13.0 Å². The second-order valence-electron chi connectivity index (χ2n) is 8.18. The van der Waals surface area contributed by atoms with Gasteiger partial charge in [-0.3, -0.25) is 0 Å². The number of nitrogens with zero attached hydrogens (tertiary/aromatic N) is 1. The van der Waals surface area contributed by atoms with E-state index in [1.807, 2.05) is 6.07 Å². The van der Waals surface area contributed by atoms with Gasteiger partial charge in [0.15, 0.2) is 6.20 Å². The molecule has 0 N–H and O–H groups in total. The van der Waals surface area contributed by atoms with E-state index in [0.717, 1.165) is 16.9 Å². The van der Waals surface area contributed by atoms with Crippen LogP contribution in [0, 0.1) is 12.8 Å². The summed E-state index contributed by atoms with van der Waals surface area (Å²) in [4.78, 5) is 0. The highest BCUT2D eigenvalue weighted by molar-refractivity contribution is 5.96. The molecule has 136 valence electrons. The molecule has 4 aromatic rings. The molecule has 2 aromatic carbocycles. The molecule has 0 unspecified atom stereocenters. The SMILES string of the molecule is Cc1cc2ccoc2cc1-c1c2ccc(CC3CCCC3)cc2cc[n+]1C. The van der Waals surface area contributed by atoms with Crippen LogP contribution >= 0.6 is 0 Å². The van der Waals surface area contributed by atoms with Crippen LogP contribution < -0.4 is 4.57 Å². The summed E-state index contributed by atoms with van der Waals surface area (Å²) in [5.74, 6) is 0.880. The molecule has 1 aliphatic carbocycles. The minimum absolute atomic E-state index is 0.880. The van der Waals surface area contributed by atoms with E-state index in [1.165, 1.54) is 65.3 Å². The van der Waals surface area contributed by atoms with Gasteiger partial charge in [-0.2, -0.15) is 0 Å². The molecule has 5 rings (SSSR count). The lowest BCUT2D eigenvalue weighted by molar-refractivity contribution is -0.659. The number of pyridine rings is 1. The number of fused-ring (bicyclic) bond motifs is 2. The van der Waals surface area contributed by atoms with Gasteiger partial charge < -0.3 is 4.42 Å². The summed E-state index contributed by atoms with van der Waals surface area (Å²) in [7, 11) is 2.13. The first-order valence-electron chi connectivity index (χ1n) is 10.1. The summed E-state index contributed by atoms with van der Waals surface area (Å²) in [5, 5.41) is 3.81. The minimum atomic E-state index is 0.880. The van der Waals surface area contributed by atoms with Crippen molar-refractivity contribution in [3.8, 4) is 11.3 Å². The van der Waals surface area contributed by atoms with Gasteiger partial charge in [0.1, 0.15) is 12.6 Å². The third-order valence-electron chi connectivity index (χ3n) is 6.26. The molecule has 2 nitrogen and oxygen atoms in total. The average Bonchev–Trinajstić information content (AvgIpc) is 3.33. The fourth-order valence-corrected chi connectivity index (χ4v) is 4.81. The number of rotatable bonds is 3. The summed E-state index contributed by atoms with van der Waals surface area (Å²) in [6.45, 7) is 2.19. The van der Waals surface area contributed by atoms with Crippen LogP contribution in [-0.2, 0) is 13.5 Å². The number of aromatic nitrogens is 1. The molecule has 1 aliphatic rings. The van der Waals surface area contributed by atoms with E-state index in [1.54, 1.807) is 6.26 Å². The van der Waals surface area contributed by atoms with Crippen LogP contribution in [0.25, 0.3) is 33.0 Å². The standard InChI is InChI=1S/C25H26NO/c1-17-13-21-10-12-27-24(21)16-23(17)25-22-8-7-19(14-18-5-3-4-6-18)15-20(22)9-11-26(25)2/h7-13,15-16,18H,3-6,14H2,1-2H3/q+1. The summed E-state index contributed by atoms with van der Waals surface area (Å²) in [6.07, 6.45) is 10.8. The Bertz CT molecular complexity index is 1130. The van der Waals surface area contributed by atoms with Gasteiger partial charge in [0.05, 0.1) is 17.2 Å². The van der Waals surface area contributed by atoms with Gasteiger partial charge in [-0.25, -0.2) is 4.57 Å². The third kappa shape index (κ3) is 2.93. The highest BCUT2D eigenvalue weighted by Gasteiger charge is 2.20. The average molecular weight is 356 g/mol. The minimum Gasteiger partial charge on any atom is -0.464 e. The van der Waals surface area contributed by atoms with Crippen molar-refractivity contribution in [1.29, 1.82) is 0 Å². The van der Waals surface area contributed by atoms with Crippen LogP contribution in [0.1, 0.15) is 36.8 Å². The number of hydrogen-bond donors (Lipinski definition) is 0. The maximum atomic E-state index is 5.67. The molecule has 0 spiro atoms. The van der Waals surface area contributed by atoms with Crippen molar-refractivity contribution in [3.05, 3.63) is 66.1 Å². The van der Waals surface area contributed by atoms with Crippen LogP contribution in [-0.4, -0.2) is 0 Å². The van der Waals surface area contributed by atoms with Gasteiger partial charge in [0.25, 0.3) is 0 Å². The van der Waals surface area contributed by atoms with E-state index in [0.29, 0.717) is 0 Å². The molecule has 0 bridgehead atoms. The molecular weight excluding hydrogens is 330 g/mol. The summed E-state index contributed by atoms with van der Waals surface area (Å²) in [6, 6.07) is 15.7. The molecule has 27 heavy (non-hydrogen) atoms. The number of benzene rings is 2. The zero-order valence-electron chi connectivity index (χ0n) is 16.2. The van der Waals surface area contributed by atoms with E-state index in [-0.39, 0.29) is 0 Å². The maximum Gasteiger partial charge on any atom is 0.220 e. The molecule has 0 atom stereocenters. The van der Waals surface area contributed by atoms with Gasteiger partial charge in [0.2, 0.25) is 5.69 Å². The molecule has 2 heterocycles. The lowest BCUT2D eigenvalue weighted by Gasteiger charge is -2.12. The third-order valence-corrected chi connectivity index (χ3v) is 6.26. The first-order valence-corrected chi connectivity index (χ1v) is 10.1. The van der Waals surface area contributed by atoms with Crippen LogP contribution in [0.5, 0.6) is 0 Å². The van der Waals surface area contributed by atoms with Crippen molar-refractivity contribution in [2.75, 3.05) is 0 Å². The van der Waals surface area contributed by atoms with E-state index >= 15 is 0 Å². The number of furan rings is 1. The Labute approximate surface area is 160 Å². The van der Waals surface area contributed by atoms with Gasteiger partial charge in [-0.15, -0.1) is 0 Å². The summed E-state index contributed by atoms with van der Waals surface area (Å²) in [5.41, 5.74) is 6.21. The van der Waals surface area contributed by atoms with Gasteiger partial charge >= 0.3 is 0 Å². The highest BCUT2D eigenvalue weighted by atomic mass is 16.3. The smallest absolute Gasteiger partial charge is 0.220 e. The lowest BCUT2D eigenvalue weighted by atomic mass is 9.94. The van der Waals surface area contributed by atoms with Crippen LogP contribution in [0.15, 0.2) is 59.3 Å². The molecule has 1 saturated carbocycles. The fraction of sp³-hybridized carbons (Fsp3) is 0.320. The van der Waals surface area contributed by atoms with Gasteiger partial charge in [-0.05, 0) is 60.0 Å². The van der Waals surface area contributed by atoms with E-state index < -0.39 is 0 Å². The first kappa shape index (κ1) is 16.6. The van der Waals surface area contributed by atoms with E-state index in [2.05, 4.69) is 61.1 Å². The van der Waals surface area contributed by atoms with Gasteiger partial charge in [-0.1, -0.05) is 37.8 Å². The largest absolute Gasteiger partial charge is 0.464 e. The van der Waals surface area contributed by atoms with Gasteiger partial charge in [0, 0.05) is 11.5 Å². The molecule has 0 amide bonds. The van der Waals surface area contributed by atoms with E-state index in [9.17, 15) is 0 Å². The topological polar surface area (TPSA) is 17.0 Å². The Kier molecular flexibility index (Phi) is 4.00. The Morgan fingerprint density at radius 3 is 2.70 bits per heavy atom. The van der Waals surface area contributed by atoms with Crippen molar-refractivity contribution in [3.63, 3.8) is 0 Å². The number of hydrogen-bond acceptors (Lipinski definition) is 1. The Hall–Kier alpha value is -2.61. The van der Waals surface area contributed by atoms with Crippen LogP contribution in [0.3, 0.4) is 0 Å². The predicted molar refractivity (Wildman–Crippen MR) is 111 cm³/mol. The van der Waals surface area contributed by atoms with Crippen LogP contribution in [0.4, 0.5) is 0 Å². The van der Waals surface area contributed by atoms with Crippen molar-refractivity contribution < 1.29 is 8.98 Å². The lowest BCUT2D eigenvalue weighted by Crippen LogP contribution is -2.30. The normalized spacial score (nSPS) is 15.2. The molecule has 1 fully saturated rings. The van der Waals surface area contributed by atoms with E-state index in [4.69, 9.17) is 4.42 Å². The Morgan fingerprint density at radius 1 is 1.00 bits per heavy atom. The number of aryl methyl sites for hydroxylation is 2. The zero-order valence-corrected chi connectivity index (χ0v) is 16.2. The van der Waals surface area contributed by atoms with Crippen LogP contribution in [0.2, 0.25) is 0 Å².